The average Bonchev–Trinajstić information content (AvgIpc) is 3.09. The number of amides is 1. The van der Waals surface area contributed by atoms with E-state index in [9.17, 15) is 13.2 Å². The van der Waals surface area contributed by atoms with E-state index >= 15 is 0 Å². The average molecular weight is 379 g/mol. The molecule has 1 N–H and O–H groups in total. The zero-order valence-corrected chi connectivity index (χ0v) is 15.6. The van der Waals surface area contributed by atoms with Crippen molar-refractivity contribution >= 4 is 27.8 Å². The molecule has 0 fully saturated rings. The highest BCUT2D eigenvalue weighted by Gasteiger charge is 2.29. The number of hydrogen-bond donors (Lipinski definition) is 1. The molecular formula is C17H21N3O5S. The number of carbonyl (C=O) groups is 1. The van der Waals surface area contributed by atoms with Crippen LogP contribution in [0, 0.1) is 0 Å². The fourth-order valence-corrected chi connectivity index (χ4v) is 3.46. The van der Waals surface area contributed by atoms with Crippen molar-refractivity contribution in [3.8, 4) is 5.75 Å². The molecule has 8 nitrogen and oxygen atoms in total. The Morgan fingerprint density at radius 3 is 2.58 bits per heavy atom. The van der Waals surface area contributed by atoms with Gasteiger partial charge in [0.05, 0.1) is 31.0 Å². The monoisotopic (exact) mass is 379 g/mol. The topological polar surface area (TPSA) is 101 Å². The first-order valence-electron chi connectivity index (χ1n) is 7.91. The largest absolute Gasteiger partial charge is 0.494 e. The SMILES string of the molecule is CCOc1ccc(N([C@H](C)C(=O)NN=Cc2ccco2)S(C)(=O)=O)cc1. The Balaban J connectivity index is 2.16. The molecule has 0 radical (unpaired) electrons. The summed E-state index contributed by atoms with van der Waals surface area (Å²) in [6.45, 7) is 3.84. The number of hydrogen-bond acceptors (Lipinski definition) is 6. The first-order chi connectivity index (χ1) is 12.3. The number of anilines is 1. The number of furan rings is 1. The van der Waals surface area contributed by atoms with E-state index in [4.69, 9.17) is 9.15 Å². The lowest BCUT2D eigenvalue weighted by Gasteiger charge is -2.27. The van der Waals surface area contributed by atoms with E-state index in [0.717, 1.165) is 10.6 Å². The molecule has 0 spiro atoms. The zero-order chi connectivity index (χ0) is 19.2. The van der Waals surface area contributed by atoms with Gasteiger partial charge < -0.3 is 9.15 Å². The number of carbonyl (C=O) groups excluding carboxylic acids is 1. The maximum absolute atomic E-state index is 12.3. The van der Waals surface area contributed by atoms with E-state index in [1.165, 1.54) is 19.4 Å². The summed E-state index contributed by atoms with van der Waals surface area (Å²) < 4.78 is 35.9. The number of hydrazone groups is 1. The second-order valence-corrected chi connectivity index (χ2v) is 7.27. The molecule has 0 bridgehead atoms. The molecule has 0 aliphatic rings. The number of sulfonamides is 1. The molecular weight excluding hydrogens is 358 g/mol. The Morgan fingerprint density at radius 2 is 2.04 bits per heavy atom. The standard InChI is InChI=1S/C17H21N3O5S/c1-4-24-15-9-7-14(8-10-15)20(26(3,22)23)13(2)17(21)19-18-12-16-6-5-11-25-16/h5-13H,4H2,1-3H3,(H,19,21)/t13-/m1/s1. The fourth-order valence-electron chi connectivity index (χ4n) is 2.28. The van der Waals surface area contributed by atoms with E-state index < -0.39 is 22.0 Å². The van der Waals surface area contributed by atoms with E-state index in [1.807, 2.05) is 6.92 Å². The summed E-state index contributed by atoms with van der Waals surface area (Å²) in [7, 11) is -3.69. The van der Waals surface area contributed by atoms with Crippen LogP contribution in [0.5, 0.6) is 5.75 Å². The van der Waals surface area contributed by atoms with Crippen LogP contribution in [-0.2, 0) is 14.8 Å². The van der Waals surface area contributed by atoms with Crippen LogP contribution in [0.3, 0.4) is 0 Å². The van der Waals surface area contributed by atoms with Gasteiger partial charge in [-0.3, -0.25) is 9.10 Å². The molecule has 0 saturated carbocycles. The summed E-state index contributed by atoms with van der Waals surface area (Å²) in [5.74, 6) is 0.501. The summed E-state index contributed by atoms with van der Waals surface area (Å²) in [5.41, 5.74) is 2.67. The third-order valence-corrected chi connectivity index (χ3v) is 4.64. The van der Waals surface area contributed by atoms with Gasteiger partial charge in [0.2, 0.25) is 10.0 Å². The first-order valence-corrected chi connectivity index (χ1v) is 9.76. The smallest absolute Gasteiger partial charge is 0.263 e. The van der Waals surface area contributed by atoms with E-state index in [-0.39, 0.29) is 0 Å². The fraction of sp³-hybridized carbons (Fsp3) is 0.294. The number of nitrogens with zero attached hydrogens (tertiary/aromatic N) is 2. The lowest BCUT2D eigenvalue weighted by molar-refractivity contribution is -0.121. The van der Waals surface area contributed by atoms with Gasteiger partial charge in [-0.15, -0.1) is 0 Å². The van der Waals surface area contributed by atoms with Crippen LogP contribution in [-0.4, -0.2) is 39.4 Å². The maximum Gasteiger partial charge on any atom is 0.263 e. The van der Waals surface area contributed by atoms with E-state index in [0.29, 0.717) is 23.8 Å². The Bertz CT molecular complexity index is 845. The van der Waals surface area contributed by atoms with Crippen LogP contribution in [0.25, 0.3) is 0 Å². The van der Waals surface area contributed by atoms with Gasteiger partial charge in [-0.25, -0.2) is 13.8 Å². The highest BCUT2D eigenvalue weighted by molar-refractivity contribution is 7.92. The molecule has 1 heterocycles. The molecule has 2 rings (SSSR count). The first kappa shape index (κ1) is 19.5. The lowest BCUT2D eigenvalue weighted by Crippen LogP contribution is -2.46. The highest BCUT2D eigenvalue weighted by Crippen LogP contribution is 2.24. The summed E-state index contributed by atoms with van der Waals surface area (Å²) in [5, 5.41) is 3.77. The summed E-state index contributed by atoms with van der Waals surface area (Å²) >= 11 is 0. The third-order valence-electron chi connectivity index (χ3n) is 3.40. The van der Waals surface area contributed by atoms with Gasteiger partial charge in [-0.2, -0.15) is 5.10 Å². The van der Waals surface area contributed by atoms with Gasteiger partial charge in [0.25, 0.3) is 5.91 Å². The number of rotatable bonds is 8. The minimum atomic E-state index is -3.69. The minimum absolute atomic E-state index is 0.355. The van der Waals surface area contributed by atoms with Crippen LogP contribution >= 0.6 is 0 Å². The van der Waals surface area contributed by atoms with Crippen molar-refractivity contribution in [3.63, 3.8) is 0 Å². The van der Waals surface area contributed by atoms with Gasteiger partial charge >= 0.3 is 0 Å². The van der Waals surface area contributed by atoms with Gasteiger partial charge in [0.1, 0.15) is 17.6 Å². The van der Waals surface area contributed by atoms with Crippen LogP contribution in [0.4, 0.5) is 5.69 Å². The summed E-state index contributed by atoms with van der Waals surface area (Å²) in [6.07, 6.45) is 3.84. The summed E-state index contributed by atoms with van der Waals surface area (Å²) in [6, 6.07) is 8.82. The van der Waals surface area contributed by atoms with Crippen molar-refractivity contribution in [1.29, 1.82) is 0 Å². The molecule has 0 unspecified atom stereocenters. The van der Waals surface area contributed by atoms with Crippen LogP contribution in [0.15, 0.2) is 52.2 Å². The lowest BCUT2D eigenvalue weighted by atomic mass is 10.2. The number of benzene rings is 1. The number of ether oxygens (including phenoxy) is 1. The molecule has 1 atom stereocenters. The van der Waals surface area contributed by atoms with Crippen LogP contribution in [0.2, 0.25) is 0 Å². The number of nitrogens with one attached hydrogen (secondary N) is 1. The normalized spacial score (nSPS) is 12.7. The Kier molecular flexibility index (Phi) is 6.40. The predicted molar refractivity (Wildman–Crippen MR) is 98.8 cm³/mol. The van der Waals surface area contributed by atoms with Crippen LogP contribution in [0.1, 0.15) is 19.6 Å². The van der Waals surface area contributed by atoms with Gasteiger partial charge in [-0.1, -0.05) is 0 Å². The molecule has 2 aromatic rings. The molecule has 140 valence electrons. The molecule has 0 saturated heterocycles. The van der Waals surface area contributed by atoms with Crippen molar-refractivity contribution in [1.82, 2.24) is 5.43 Å². The van der Waals surface area contributed by atoms with Gasteiger partial charge in [-0.05, 0) is 50.2 Å². The van der Waals surface area contributed by atoms with Crippen molar-refractivity contribution in [3.05, 3.63) is 48.4 Å². The molecule has 0 aliphatic heterocycles. The van der Waals surface area contributed by atoms with Crippen molar-refractivity contribution in [2.45, 2.75) is 19.9 Å². The summed E-state index contributed by atoms with van der Waals surface area (Å²) in [4.78, 5) is 12.3. The maximum atomic E-state index is 12.3. The second kappa shape index (κ2) is 8.52. The van der Waals surface area contributed by atoms with E-state index in [2.05, 4.69) is 10.5 Å². The van der Waals surface area contributed by atoms with Crippen LogP contribution < -0.4 is 14.5 Å². The molecule has 1 amide bonds. The highest BCUT2D eigenvalue weighted by atomic mass is 32.2. The zero-order valence-electron chi connectivity index (χ0n) is 14.7. The van der Waals surface area contributed by atoms with Gasteiger partial charge in [0, 0.05) is 0 Å². The van der Waals surface area contributed by atoms with Crippen molar-refractivity contribution in [2.24, 2.45) is 5.10 Å². The second-order valence-electron chi connectivity index (χ2n) is 5.41. The predicted octanol–water partition coefficient (Wildman–Crippen LogP) is 1.98. The molecule has 26 heavy (non-hydrogen) atoms. The molecule has 1 aromatic heterocycles. The third kappa shape index (κ3) is 5.09. The molecule has 9 heteroatoms. The van der Waals surface area contributed by atoms with Crippen molar-refractivity contribution < 1.29 is 22.4 Å². The van der Waals surface area contributed by atoms with Gasteiger partial charge in [0.15, 0.2) is 0 Å². The minimum Gasteiger partial charge on any atom is -0.494 e. The Hall–Kier alpha value is -2.81. The van der Waals surface area contributed by atoms with E-state index in [1.54, 1.807) is 36.4 Å². The Labute approximate surface area is 152 Å². The molecule has 1 aromatic carbocycles. The quantitative estimate of drug-likeness (QED) is 0.558. The Morgan fingerprint density at radius 1 is 1.35 bits per heavy atom. The molecule has 0 aliphatic carbocycles. The van der Waals surface area contributed by atoms with Crippen molar-refractivity contribution in [2.75, 3.05) is 17.2 Å².